The first-order valence-corrected chi connectivity index (χ1v) is 36.8. The third-order valence-corrected chi connectivity index (χ3v) is 26.5. The van der Waals surface area contributed by atoms with Gasteiger partial charge in [0.1, 0.15) is 0 Å². The molecule has 0 bridgehead atoms. The van der Waals surface area contributed by atoms with Gasteiger partial charge in [-0.15, -0.1) is 0 Å². The van der Waals surface area contributed by atoms with E-state index in [-0.39, 0.29) is 48.7 Å². The van der Waals surface area contributed by atoms with Gasteiger partial charge < -0.3 is 13.6 Å². The van der Waals surface area contributed by atoms with E-state index >= 15 is 0 Å². The minimum absolute atomic E-state index is 0.0954. The molecule has 0 fully saturated rings. The van der Waals surface area contributed by atoms with Gasteiger partial charge in [0.2, 0.25) is 0 Å². The topological polar surface area (TPSA) is 27.7 Å². The second-order valence-electron chi connectivity index (χ2n) is 36.8. The van der Waals surface area contributed by atoms with Crippen LogP contribution in [0.2, 0.25) is 0 Å². The standard InChI is InChI=1S/C90H123O3P/c1-61-40-28-31-43-67(61)52-70-46-34-37-49-73(70)88(82(16,17)18)58-85(25,79(7,8)9)55-64(4)76(88)91-94(92-77-65(5)56-86(26,80(10,11)12)59-89(77,83(19,20)21)74-50-38-35-47-71(74)53-68-44-32-29-41-62(68)2)93-78-66(6)57-87(27,81(13,14)15)60-90(78,84(22,23)24)75-51-39-36-48-72(75)54-69-45-33-30-42-63(69)3/h28-51,55-57,76-78H,52-54,58-60H2,1-27H3. The maximum atomic E-state index is 8.74. The first-order valence-electron chi connectivity index (χ1n) is 35.7. The van der Waals surface area contributed by atoms with E-state index < -0.39 is 43.2 Å². The van der Waals surface area contributed by atoms with E-state index in [2.05, 4.69) is 351 Å². The van der Waals surface area contributed by atoms with Crippen LogP contribution in [-0.2, 0) is 49.1 Å². The summed E-state index contributed by atoms with van der Waals surface area (Å²) in [5, 5.41) is 0. The molecule has 0 amide bonds. The van der Waals surface area contributed by atoms with Crippen molar-refractivity contribution in [3.05, 3.63) is 247 Å². The summed E-state index contributed by atoms with van der Waals surface area (Å²) in [6, 6.07) is 55.2. The van der Waals surface area contributed by atoms with Crippen LogP contribution in [0, 0.1) is 69.5 Å². The minimum atomic E-state index is -2.28. The normalized spacial score (nSPS) is 27.7. The fourth-order valence-electron chi connectivity index (χ4n) is 17.6. The molecule has 4 heteroatoms. The van der Waals surface area contributed by atoms with E-state index in [9.17, 15) is 0 Å². The summed E-state index contributed by atoms with van der Waals surface area (Å²) in [5.41, 5.74) is 15.9. The zero-order chi connectivity index (χ0) is 69.4. The maximum Gasteiger partial charge on any atom is 0.334 e. The van der Waals surface area contributed by atoms with Crippen LogP contribution in [-0.4, -0.2) is 18.3 Å². The third kappa shape index (κ3) is 13.2. The Labute approximate surface area is 574 Å². The summed E-state index contributed by atoms with van der Waals surface area (Å²) in [5.74, 6) is 0. The van der Waals surface area contributed by atoms with Crippen molar-refractivity contribution in [3.8, 4) is 0 Å². The Bertz CT molecular complexity index is 3400. The molecule has 0 aromatic heterocycles. The molecule has 0 aliphatic heterocycles. The van der Waals surface area contributed by atoms with Crippen LogP contribution in [0.1, 0.15) is 252 Å². The Morgan fingerprint density at radius 2 is 0.500 bits per heavy atom. The monoisotopic (exact) mass is 1280 g/mol. The number of allylic oxidation sites excluding steroid dienone is 3. The molecule has 9 unspecified atom stereocenters. The molecular weight excluding hydrogens is 1160 g/mol. The first-order chi connectivity index (χ1) is 43.4. The van der Waals surface area contributed by atoms with Crippen molar-refractivity contribution in [1.82, 2.24) is 0 Å². The molecule has 3 aliphatic carbocycles. The molecule has 3 nitrogen and oxygen atoms in total. The predicted molar refractivity (Wildman–Crippen MR) is 404 cm³/mol. The second-order valence-corrected chi connectivity index (χ2v) is 37.9. The van der Waals surface area contributed by atoms with Crippen LogP contribution in [0.5, 0.6) is 0 Å². The van der Waals surface area contributed by atoms with Crippen LogP contribution in [0.25, 0.3) is 0 Å². The van der Waals surface area contributed by atoms with E-state index in [0.717, 1.165) is 38.5 Å². The summed E-state index contributed by atoms with van der Waals surface area (Å²) in [4.78, 5) is 0. The van der Waals surface area contributed by atoms with Gasteiger partial charge in [-0.05, 0) is 212 Å². The van der Waals surface area contributed by atoms with Crippen LogP contribution < -0.4 is 0 Å². The van der Waals surface area contributed by atoms with Crippen molar-refractivity contribution in [1.29, 1.82) is 0 Å². The van der Waals surface area contributed by atoms with Crippen LogP contribution >= 0.6 is 8.60 Å². The minimum Gasteiger partial charge on any atom is -0.303 e. The summed E-state index contributed by atoms with van der Waals surface area (Å²) < 4.78 is 26.2. The molecule has 0 heterocycles. The fourth-order valence-corrected chi connectivity index (χ4v) is 19.3. The van der Waals surface area contributed by atoms with Crippen LogP contribution in [0.3, 0.4) is 0 Å². The third-order valence-electron chi connectivity index (χ3n) is 25.3. The van der Waals surface area contributed by atoms with E-state index in [1.807, 2.05) is 0 Å². The SMILES string of the molecule is CC1=CC(C)(C(C)(C)C)CC(c2ccccc2Cc2ccccc2C)(C(C)(C)C)C1OP(OC1C(C)=CC(C)(C(C)(C)C)CC1(c1ccccc1Cc1ccccc1C)C(C)(C)C)OC1C(C)=CC(C)(C(C)(C)C)CC1(c1ccccc1Cc1ccccc1C)C(C)(C)C. The van der Waals surface area contributed by atoms with Crippen molar-refractivity contribution < 1.29 is 13.6 Å². The highest BCUT2D eigenvalue weighted by Gasteiger charge is 2.65. The quantitative estimate of drug-likeness (QED) is 0.0758. The average Bonchev–Trinajstić information content (AvgIpc) is 0.714. The molecule has 9 rings (SSSR count). The molecule has 6 aromatic carbocycles. The number of rotatable bonds is 15. The molecule has 0 spiro atoms. The van der Waals surface area contributed by atoms with Gasteiger partial charge in [0.05, 0.1) is 18.3 Å². The van der Waals surface area contributed by atoms with Gasteiger partial charge in [-0.25, -0.2) is 0 Å². The second kappa shape index (κ2) is 25.9. The fraction of sp³-hybridized carbons (Fsp3) is 0.533. The lowest BCUT2D eigenvalue weighted by Gasteiger charge is -2.62. The number of hydrogen-bond acceptors (Lipinski definition) is 3. The van der Waals surface area contributed by atoms with Gasteiger partial charge in [0.25, 0.3) is 0 Å². The molecule has 0 N–H and O–H groups in total. The Hall–Kier alpha value is -5.15. The van der Waals surface area contributed by atoms with Gasteiger partial charge >= 0.3 is 8.60 Å². The van der Waals surface area contributed by atoms with E-state index in [0.29, 0.717) is 0 Å². The first kappa shape index (κ1) is 73.1. The zero-order valence-corrected chi connectivity index (χ0v) is 64.6. The van der Waals surface area contributed by atoms with Crippen LogP contribution in [0.4, 0.5) is 0 Å². The Balaban J connectivity index is 1.40. The Morgan fingerprint density at radius 3 is 0.702 bits per heavy atom. The lowest BCUT2D eigenvalue weighted by atomic mass is 9.46. The van der Waals surface area contributed by atoms with E-state index in [1.54, 1.807) is 0 Å². The maximum absolute atomic E-state index is 8.74. The van der Waals surface area contributed by atoms with E-state index in [4.69, 9.17) is 13.6 Å². The number of aryl methyl sites for hydroxylation is 3. The summed E-state index contributed by atoms with van der Waals surface area (Å²) in [6.07, 6.45) is 11.5. The van der Waals surface area contributed by atoms with E-state index in [1.165, 1.54) is 83.5 Å². The highest BCUT2D eigenvalue weighted by Crippen LogP contribution is 2.70. The van der Waals surface area contributed by atoms with Crippen LogP contribution in [0.15, 0.2) is 181 Å². The summed E-state index contributed by atoms with van der Waals surface area (Å²) in [7, 11) is -2.28. The molecule has 0 radical (unpaired) electrons. The summed E-state index contributed by atoms with van der Waals surface area (Å²) >= 11 is 0. The largest absolute Gasteiger partial charge is 0.334 e. The summed E-state index contributed by atoms with van der Waals surface area (Å²) in [6.45, 7) is 66.0. The Kier molecular flexibility index (Phi) is 20.2. The van der Waals surface area contributed by atoms with Gasteiger partial charge in [-0.2, -0.15) is 0 Å². The molecule has 0 saturated heterocycles. The molecular formula is C90H123O3P. The average molecular weight is 1280 g/mol. The molecule has 6 aromatic rings. The molecule has 94 heavy (non-hydrogen) atoms. The molecule has 3 aliphatic rings. The lowest BCUT2D eigenvalue weighted by molar-refractivity contribution is -0.0708. The highest BCUT2D eigenvalue weighted by molar-refractivity contribution is 7.41. The van der Waals surface area contributed by atoms with Gasteiger partial charge in [-0.1, -0.05) is 309 Å². The smallest absolute Gasteiger partial charge is 0.303 e. The highest BCUT2D eigenvalue weighted by atomic mass is 31.2. The van der Waals surface area contributed by atoms with Crippen molar-refractivity contribution in [2.45, 2.75) is 260 Å². The van der Waals surface area contributed by atoms with Gasteiger partial charge in [-0.3, -0.25) is 0 Å². The molecule has 9 atom stereocenters. The number of benzene rings is 6. The predicted octanol–water partition coefficient (Wildman–Crippen LogP) is 25.2. The Morgan fingerprint density at radius 1 is 0.298 bits per heavy atom. The van der Waals surface area contributed by atoms with Crippen molar-refractivity contribution in [2.75, 3.05) is 0 Å². The lowest BCUT2D eigenvalue weighted by Crippen LogP contribution is -2.60. The van der Waals surface area contributed by atoms with Crippen molar-refractivity contribution in [3.63, 3.8) is 0 Å². The zero-order valence-electron chi connectivity index (χ0n) is 63.7. The molecule has 506 valence electrons. The molecule has 0 saturated carbocycles. The number of hydrogen-bond donors (Lipinski definition) is 0. The van der Waals surface area contributed by atoms with Crippen molar-refractivity contribution in [2.24, 2.45) is 48.7 Å². The van der Waals surface area contributed by atoms with Gasteiger partial charge in [0, 0.05) is 16.2 Å². The van der Waals surface area contributed by atoms with Crippen molar-refractivity contribution >= 4 is 8.60 Å². The van der Waals surface area contributed by atoms with Gasteiger partial charge in [0.15, 0.2) is 0 Å².